The highest BCUT2D eigenvalue weighted by Gasteiger charge is 2.25. The van der Waals surface area contributed by atoms with Gasteiger partial charge in [0, 0.05) is 31.7 Å². The molecule has 0 aliphatic carbocycles. The van der Waals surface area contributed by atoms with E-state index >= 15 is 0 Å². The van der Waals surface area contributed by atoms with E-state index in [1.54, 1.807) is 4.90 Å². The van der Waals surface area contributed by atoms with Crippen LogP contribution in [0.25, 0.3) is 11.1 Å². The predicted molar refractivity (Wildman–Crippen MR) is 126 cm³/mol. The zero-order chi connectivity index (χ0) is 22.5. The van der Waals surface area contributed by atoms with Crippen molar-refractivity contribution < 1.29 is 14.3 Å². The van der Waals surface area contributed by atoms with Crippen molar-refractivity contribution >= 4 is 11.8 Å². The second kappa shape index (κ2) is 9.69. The molecule has 0 unspecified atom stereocenters. The van der Waals surface area contributed by atoms with Gasteiger partial charge in [-0.2, -0.15) is 0 Å². The Hall–Kier alpha value is -3.60. The number of hydrogen-bond acceptors (Lipinski definition) is 3. The van der Waals surface area contributed by atoms with Crippen molar-refractivity contribution in [2.24, 2.45) is 0 Å². The molecule has 0 bridgehead atoms. The number of ether oxygens (including phenoxy) is 1. The quantitative estimate of drug-likeness (QED) is 0.608. The third-order valence-corrected chi connectivity index (χ3v) is 6.06. The Kier molecular flexibility index (Phi) is 6.55. The Morgan fingerprint density at radius 2 is 1.38 bits per heavy atom. The van der Waals surface area contributed by atoms with Crippen molar-refractivity contribution in [3.63, 3.8) is 0 Å². The van der Waals surface area contributed by atoms with Crippen LogP contribution in [-0.4, -0.2) is 54.4 Å². The molecule has 0 radical (unpaired) electrons. The molecule has 3 aromatic rings. The van der Waals surface area contributed by atoms with Crippen molar-refractivity contribution in [2.75, 3.05) is 32.8 Å². The van der Waals surface area contributed by atoms with E-state index < -0.39 is 0 Å². The molecule has 0 atom stereocenters. The Morgan fingerprint density at radius 1 is 0.750 bits per heavy atom. The highest BCUT2D eigenvalue weighted by atomic mass is 16.5. The number of piperazine rings is 1. The molecule has 2 amide bonds. The maximum atomic E-state index is 12.9. The van der Waals surface area contributed by atoms with E-state index in [-0.39, 0.29) is 18.4 Å². The van der Waals surface area contributed by atoms with Crippen molar-refractivity contribution in [3.05, 3.63) is 89.5 Å². The van der Waals surface area contributed by atoms with E-state index in [9.17, 15) is 9.59 Å². The first-order valence-corrected chi connectivity index (χ1v) is 10.9. The summed E-state index contributed by atoms with van der Waals surface area (Å²) in [6.45, 7) is 6.11. The van der Waals surface area contributed by atoms with Gasteiger partial charge in [-0.25, -0.2) is 0 Å². The number of amides is 2. The summed E-state index contributed by atoms with van der Waals surface area (Å²) >= 11 is 0. The van der Waals surface area contributed by atoms with Crippen molar-refractivity contribution in [3.8, 4) is 16.9 Å². The summed E-state index contributed by atoms with van der Waals surface area (Å²) in [4.78, 5) is 29.1. The standard InChI is InChI=1S/C27H28N2O3/c1-20-7-6-10-25(21(20)2)32-19-26(30)28-15-17-29(18-16-28)27(31)24-13-11-23(12-14-24)22-8-4-3-5-9-22/h3-14H,15-19H2,1-2H3. The van der Waals surface area contributed by atoms with Gasteiger partial charge in [0.05, 0.1) is 0 Å². The molecule has 5 nitrogen and oxygen atoms in total. The molecule has 3 aromatic carbocycles. The van der Waals surface area contributed by atoms with E-state index in [4.69, 9.17) is 4.74 Å². The maximum absolute atomic E-state index is 12.9. The van der Waals surface area contributed by atoms with Crippen LogP contribution in [0.15, 0.2) is 72.8 Å². The van der Waals surface area contributed by atoms with E-state index in [1.807, 2.05) is 79.4 Å². The van der Waals surface area contributed by atoms with Crippen LogP contribution < -0.4 is 4.74 Å². The van der Waals surface area contributed by atoms with Gasteiger partial charge in [0.25, 0.3) is 11.8 Å². The lowest BCUT2D eigenvalue weighted by Crippen LogP contribution is -2.51. The number of rotatable bonds is 5. The first-order chi connectivity index (χ1) is 15.5. The zero-order valence-electron chi connectivity index (χ0n) is 18.6. The van der Waals surface area contributed by atoms with Crippen LogP contribution in [0.3, 0.4) is 0 Å². The number of hydrogen-bond donors (Lipinski definition) is 0. The Labute approximate surface area is 189 Å². The minimum Gasteiger partial charge on any atom is -0.483 e. The van der Waals surface area contributed by atoms with Crippen molar-refractivity contribution in [1.29, 1.82) is 0 Å². The van der Waals surface area contributed by atoms with Gasteiger partial charge in [-0.05, 0) is 54.3 Å². The van der Waals surface area contributed by atoms with Crippen LogP contribution in [-0.2, 0) is 4.79 Å². The molecule has 1 aliphatic rings. The summed E-state index contributed by atoms with van der Waals surface area (Å²) in [6.07, 6.45) is 0. The molecule has 1 heterocycles. The fourth-order valence-corrected chi connectivity index (χ4v) is 3.89. The lowest BCUT2D eigenvalue weighted by molar-refractivity contribution is -0.134. The summed E-state index contributed by atoms with van der Waals surface area (Å²) in [5.41, 5.74) is 5.07. The van der Waals surface area contributed by atoms with E-state index in [1.165, 1.54) is 0 Å². The van der Waals surface area contributed by atoms with Crippen LogP contribution in [0.5, 0.6) is 5.75 Å². The number of aryl methyl sites for hydroxylation is 1. The number of carbonyl (C=O) groups is 2. The van der Waals surface area contributed by atoms with Crippen molar-refractivity contribution in [2.45, 2.75) is 13.8 Å². The molecule has 164 valence electrons. The van der Waals surface area contributed by atoms with Gasteiger partial charge in [-0.1, -0.05) is 54.6 Å². The van der Waals surface area contributed by atoms with Crippen LogP contribution >= 0.6 is 0 Å². The molecule has 0 saturated carbocycles. The lowest BCUT2D eigenvalue weighted by Gasteiger charge is -2.34. The van der Waals surface area contributed by atoms with Gasteiger partial charge < -0.3 is 14.5 Å². The molecule has 1 saturated heterocycles. The highest BCUT2D eigenvalue weighted by Crippen LogP contribution is 2.21. The van der Waals surface area contributed by atoms with Gasteiger partial charge in [-0.15, -0.1) is 0 Å². The normalized spacial score (nSPS) is 13.7. The minimum absolute atomic E-state index is 0.00310. The van der Waals surface area contributed by atoms with Crippen LogP contribution in [0.4, 0.5) is 0 Å². The van der Waals surface area contributed by atoms with Gasteiger partial charge in [0.15, 0.2) is 6.61 Å². The summed E-state index contributed by atoms with van der Waals surface area (Å²) < 4.78 is 5.75. The predicted octanol–water partition coefficient (Wildman–Crippen LogP) is 4.33. The number of benzene rings is 3. The number of carbonyl (C=O) groups excluding carboxylic acids is 2. The molecular formula is C27H28N2O3. The molecule has 4 rings (SSSR count). The lowest BCUT2D eigenvalue weighted by atomic mass is 10.0. The average Bonchev–Trinajstić information content (AvgIpc) is 2.85. The van der Waals surface area contributed by atoms with Gasteiger partial charge in [0.2, 0.25) is 0 Å². The maximum Gasteiger partial charge on any atom is 0.260 e. The van der Waals surface area contributed by atoms with Crippen LogP contribution in [0.2, 0.25) is 0 Å². The van der Waals surface area contributed by atoms with Crippen molar-refractivity contribution in [1.82, 2.24) is 9.80 Å². The fraction of sp³-hybridized carbons (Fsp3) is 0.259. The molecule has 32 heavy (non-hydrogen) atoms. The zero-order valence-corrected chi connectivity index (χ0v) is 18.6. The molecule has 0 aromatic heterocycles. The largest absolute Gasteiger partial charge is 0.483 e. The van der Waals surface area contributed by atoms with E-state index in [0.29, 0.717) is 31.7 Å². The fourth-order valence-electron chi connectivity index (χ4n) is 3.89. The smallest absolute Gasteiger partial charge is 0.260 e. The topological polar surface area (TPSA) is 49.9 Å². The van der Waals surface area contributed by atoms with Gasteiger partial charge >= 0.3 is 0 Å². The Balaban J connectivity index is 1.29. The highest BCUT2D eigenvalue weighted by molar-refractivity contribution is 5.95. The van der Waals surface area contributed by atoms with E-state index in [2.05, 4.69) is 12.1 Å². The number of nitrogens with zero attached hydrogens (tertiary/aromatic N) is 2. The summed E-state index contributed by atoms with van der Waals surface area (Å²) in [5.74, 6) is 0.694. The second-order valence-electron chi connectivity index (χ2n) is 8.10. The Morgan fingerprint density at radius 3 is 2.06 bits per heavy atom. The minimum atomic E-state index is -0.0507. The molecule has 1 aliphatic heterocycles. The van der Waals surface area contributed by atoms with Crippen LogP contribution in [0.1, 0.15) is 21.5 Å². The second-order valence-corrected chi connectivity index (χ2v) is 8.10. The summed E-state index contributed by atoms with van der Waals surface area (Å²) in [7, 11) is 0. The third-order valence-electron chi connectivity index (χ3n) is 6.06. The molecule has 5 heteroatoms. The molecule has 0 spiro atoms. The SMILES string of the molecule is Cc1cccc(OCC(=O)N2CCN(C(=O)c3ccc(-c4ccccc4)cc3)CC2)c1C. The van der Waals surface area contributed by atoms with E-state index in [0.717, 1.165) is 28.0 Å². The van der Waals surface area contributed by atoms with Gasteiger partial charge in [-0.3, -0.25) is 9.59 Å². The summed E-state index contributed by atoms with van der Waals surface area (Å²) in [5, 5.41) is 0. The molecular weight excluding hydrogens is 400 g/mol. The molecule has 1 fully saturated rings. The van der Waals surface area contributed by atoms with Crippen LogP contribution in [0, 0.1) is 13.8 Å². The first-order valence-electron chi connectivity index (χ1n) is 10.9. The summed E-state index contributed by atoms with van der Waals surface area (Å²) in [6, 6.07) is 23.6. The van der Waals surface area contributed by atoms with Gasteiger partial charge in [0.1, 0.15) is 5.75 Å². The average molecular weight is 429 g/mol. The Bertz CT molecular complexity index is 1090. The monoisotopic (exact) mass is 428 g/mol. The molecule has 0 N–H and O–H groups in total. The third kappa shape index (κ3) is 4.83. The first kappa shape index (κ1) is 21.6.